The third-order valence-electron chi connectivity index (χ3n) is 4.28. The minimum absolute atomic E-state index is 0.103. The number of aromatic nitrogens is 2. The molecule has 1 atom stereocenters. The minimum Gasteiger partial charge on any atom is -0.548 e. The lowest BCUT2D eigenvalue weighted by molar-refractivity contribution is -0.310. The summed E-state index contributed by atoms with van der Waals surface area (Å²) in [6, 6.07) is 5.69. The number of hydrogen-bond donors (Lipinski definition) is 1. The summed E-state index contributed by atoms with van der Waals surface area (Å²) in [5.74, 6) is -1.68. The zero-order valence-corrected chi connectivity index (χ0v) is 12.9. The molecule has 0 radical (unpaired) electrons. The van der Waals surface area contributed by atoms with E-state index in [-0.39, 0.29) is 13.0 Å². The molecule has 2 aromatic rings. The Morgan fingerprint density at radius 2 is 2.00 bits per heavy atom. The van der Waals surface area contributed by atoms with Gasteiger partial charge in [-0.25, -0.2) is 4.79 Å². The van der Waals surface area contributed by atoms with E-state index in [1.54, 1.807) is 24.3 Å². The van der Waals surface area contributed by atoms with Crippen LogP contribution in [0.2, 0.25) is 0 Å². The smallest absolute Gasteiger partial charge is 0.328 e. The summed E-state index contributed by atoms with van der Waals surface area (Å²) in [5.41, 5.74) is -0.629. The molecular weight excluding hydrogens is 314 g/mol. The van der Waals surface area contributed by atoms with E-state index in [0.29, 0.717) is 30.3 Å². The number of rotatable bonds is 4. The summed E-state index contributed by atoms with van der Waals surface area (Å²) >= 11 is 0. The molecule has 1 fully saturated rings. The summed E-state index contributed by atoms with van der Waals surface area (Å²) in [5, 5.41) is 11.4. The second-order valence-corrected chi connectivity index (χ2v) is 5.75. The molecule has 0 saturated carbocycles. The SMILES string of the molecule is O=C([O-])[C@H]1CCCN1C(=O)CCn1c(=O)[nH]c2ccccc2c1=O. The number of aliphatic carboxylic acids is 1. The molecular formula is C16H16N3O5-. The molecule has 1 amide bonds. The van der Waals surface area contributed by atoms with E-state index >= 15 is 0 Å². The third kappa shape index (κ3) is 2.82. The van der Waals surface area contributed by atoms with Gasteiger partial charge in [0.1, 0.15) is 0 Å². The van der Waals surface area contributed by atoms with Crippen LogP contribution in [0.25, 0.3) is 10.9 Å². The molecule has 8 nitrogen and oxygen atoms in total. The quantitative estimate of drug-likeness (QED) is 0.758. The Balaban J connectivity index is 1.81. The number of hydrogen-bond acceptors (Lipinski definition) is 5. The summed E-state index contributed by atoms with van der Waals surface area (Å²) < 4.78 is 0.963. The molecule has 24 heavy (non-hydrogen) atoms. The number of fused-ring (bicyclic) bond motifs is 1. The largest absolute Gasteiger partial charge is 0.548 e. The second kappa shape index (κ2) is 6.31. The number of likely N-dealkylation sites (tertiary alicyclic amines) is 1. The summed E-state index contributed by atoms with van der Waals surface area (Å²) in [7, 11) is 0. The van der Waals surface area contributed by atoms with Crippen LogP contribution in [0.5, 0.6) is 0 Å². The van der Waals surface area contributed by atoms with Gasteiger partial charge in [-0.15, -0.1) is 0 Å². The first-order valence-corrected chi connectivity index (χ1v) is 7.71. The second-order valence-electron chi connectivity index (χ2n) is 5.75. The maximum Gasteiger partial charge on any atom is 0.328 e. The van der Waals surface area contributed by atoms with Gasteiger partial charge < -0.3 is 19.8 Å². The van der Waals surface area contributed by atoms with Crippen LogP contribution in [-0.2, 0) is 16.1 Å². The molecule has 1 N–H and O–H groups in total. The van der Waals surface area contributed by atoms with Crippen molar-refractivity contribution >= 4 is 22.8 Å². The van der Waals surface area contributed by atoms with Crippen LogP contribution in [0.15, 0.2) is 33.9 Å². The Bertz CT molecular complexity index is 914. The Labute approximate surface area is 136 Å². The first-order valence-electron chi connectivity index (χ1n) is 7.71. The molecule has 0 aliphatic carbocycles. The predicted octanol–water partition coefficient (Wildman–Crippen LogP) is -1.18. The fraction of sp³-hybridized carbons (Fsp3) is 0.375. The van der Waals surface area contributed by atoms with Gasteiger partial charge in [-0.1, -0.05) is 12.1 Å². The summed E-state index contributed by atoms with van der Waals surface area (Å²) in [4.78, 5) is 51.5. The molecule has 0 spiro atoms. The highest BCUT2D eigenvalue weighted by atomic mass is 16.4. The van der Waals surface area contributed by atoms with Gasteiger partial charge >= 0.3 is 5.69 Å². The highest BCUT2D eigenvalue weighted by molar-refractivity contribution is 5.83. The van der Waals surface area contributed by atoms with Gasteiger partial charge in [-0.3, -0.25) is 14.2 Å². The maximum atomic E-state index is 12.4. The number of nitrogens with one attached hydrogen (secondary N) is 1. The van der Waals surface area contributed by atoms with Crippen molar-refractivity contribution in [1.29, 1.82) is 0 Å². The third-order valence-corrected chi connectivity index (χ3v) is 4.28. The predicted molar refractivity (Wildman–Crippen MR) is 83.2 cm³/mol. The number of H-pyrrole nitrogens is 1. The summed E-state index contributed by atoms with van der Waals surface area (Å²) in [6.07, 6.45) is 0.844. The average Bonchev–Trinajstić information content (AvgIpc) is 3.04. The van der Waals surface area contributed by atoms with Crippen LogP contribution in [-0.4, -0.2) is 38.9 Å². The van der Waals surface area contributed by atoms with E-state index in [1.807, 2.05) is 0 Å². The van der Waals surface area contributed by atoms with Crippen LogP contribution in [0.4, 0.5) is 0 Å². The number of carbonyl (C=O) groups is 2. The Hall–Kier alpha value is -2.90. The van der Waals surface area contributed by atoms with Gasteiger partial charge in [-0.05, 0) is 25.0 Å². The van der Waals surface area contributed by atoms with Crippen molar-refractivity contribution in [3.05, 3.63) is 45.1 Å². The fourth-order valence-corrected chi connectivity index (χ4v) is 3.06. The van der Waals surface area contributed by atoms with Crippen molar-refractivity contribution in [3.63, 3.8) is 0 Å². The average molecular weight is 330 g/mol. The molecule has 2 heterocycles. The van der Waals surface area contributed by atoms with Crippen molar-refractivity contribution in [2.45, 2.75) is 31.8 Å². The van der Waals surface area contributed by atoms with E-state index in [9.17, 15) is 24.3 Å². The monoisotopic (exact) mass is 330 g/mol. The normalized spacial score (nSPS) is 17.3. The molecule has 3 rings (SSSR count). The van der Waals surface area contributed by atoms with Gasteiger partial charge in [0.05, 0.1) is 22.9 Å². The highest BCUT2D eigenvalue weighted by Gasteiger charge is 2.29. The molecule has 8 heteroatoms. The van der Waals surface area contributed by atoms with Gasteiger partial charge in [0.2, 0.25) is 5.91 Å². The van der Waals surface area contributed by atoms with Crippen LogP contribution < -0.4 is 16.4 Å². The topological polar surface area (TPSA) is 115 Å². The van der Waals surface area contributed by atoms with E-state index in [1.165, 1.54) is 4.90 Å². The number of benzene rings is 1. The van der Waals surface area contributed by atoms with Gasteiger partial charge in [0.25, 0.3) is 5.56 Å². The summed E-state index contributed by atoms with van der Waals surface area (Å²) in [6.45, 7) is 0.245. The Morgan fingerprint density at radius 1 is 1.25 bits per heavy atom. The first kappa shape index (κ1) is 16.0. The van der Waals surface area contributed by atoms with E-state index < -0.39 is 29.2 Å². The van der Waals surface area contributed by atoms with Crippen LogP contribution in [0.1, 0.15) is 19.3 Å². The highest BCUT2D eigenvalue weighted by Crippen LogP contribution is 2.17. The number of aromatic amines is 1. The number of nitrogens with zero attached hydrogens (tertiary/aromatic N) is 2. The van der Waals surface area contributed by atoms with Crippen molar-refractivity contribution < 1.29 is 14.7 Å². The molecule has 1 aromatic heterocycles. The van der Waals surface area contributed by atoms with Crippen LogP contribution >= 0.6 is 0 Å². The molecule has 126 valence electrons. The Kier molecular flexibility index (Phi) is 4.20. The number of carboxylic acid groups (broad SMARTS) is 1. The number of para-hydroxylation sites is 1. The zero-order chi connectivity index (χ0) is 17.3. The molecule has 1 aromatic carbocycles. The van der Waals surface area contributed by atoms with E-state index in [4.69, 9.17) is 0 Å². The van der Waals surface area contributed by atoms with Crippen molar-refractivity contribution in [3.8, 4) is 0 Å². The zero-order valence-electron chi connectivity index (χ0n) is 12.9. The van der Waals surface area contributed by atoms with E-state index in [0.717, 1.165) is 4.57 Å². The molecule has 0 bridgehead atoms. The molecule has 0 unspecified atom stereocenters. The minimum atomic E-state index is -1.28. The molecule has 1 aliphatic heterocycles. The number of amides is 1. The lowest BCUT2D eigenvalue weighted by atomic mass is 10.2. The molecule has 1 saturated heterocycles. The number of carboxylic acids is 1. The van der Waals surface area contributed by atoms with Crippen LogP contribution in [0.3, 0.4) is 0 Å². The van der Waals surface area contributed by atoms with Gasteiger partial charge in [0.15, 0.2) is 0 Å². The van der Waals surface area contributed by atoms with Crippen molar-refractivity contribution in [2.75, 3.05) is 6.54 Å². The van der Waals surface area contributed by atoms with Crippen LogP contribution in [0, 0.1) is 0 Å². The Morgan fingerprint density at radius 3 is 2.75 bits per heavy atom. The fourth-order valence-electron chi connectivity index (χ4n) is 3.06. The van der Waals surface area contributed by atoms with E-state index in [2.05, 4.69) is 4.98 Å². The van der Waals surface area contributed by atoms with Crippen molar-refractivity contribution in [1.82, 2.24) is 14.5 Å². The molecule has 1 aliphatic rings. The lowest BCUT2D eigenvalue weighted by Crippen LogP contribution is -2.47. The van der Waals surface area contributed by atoms with Gasteiger partial charge in [-0.2, -0.15) is 0 Å². The maximum absolute atomic E-state index is 12.4. The van der Waals surface area contributed by atoms with Gasteiger partial charge in [0, 0.05) is 19.5 Å². The first-order chi connectivity index (χ1) is 11.5. The lowest BCUT2D eigenvalue weighted by Gasteiger charge is -2.25. The van der Waals surface area contributed by atoms with Crippen molar-refractivity contribution in [2.24, 2.45) is 0 Å². The standard InChI is InChI=1S/C16H17N3O5/c20-13(18-8-3-6-12(18)15(22)23)7-9-19-14(21)10-4-1-2-5-11(10)17-16(19)24/h1-2,4-5,12H,3,6-9H2,(H,17,24)(H,22,23)/p-1/t12-/m1/s1. The number of carbonyl (C=O) groups excluding carboxylic acids is 2.